The van der Waals surface area contributed by atoms with Crippen molar-refractivity contribution in [3.05, 3.63) is 28.2 Å². The lowest BCUT2D eigenvalue weighted by Crippen LogP contribution is -2.00. The average molecular weight is 242 g/mol. The van der Waals surface area contributed by atoms with Gasteiger partial charge in [0.05, 0.1) is 0 Å². The summed E-state index contributed by atoms with van der Waals surface area (Å²) in [4.78, 5) is 0. The number of aryl methyl sites for hydroxylation is 1. The molecule has 1 aromatic rings. The fourth-order valence-electron chi connectivity index (χ4n) is 1.11. The van der Waals surface area contributed by atoms with Crippen LogP contribution in [-0.4, -0.2) is 6.54 Å². The lowest BCUT2D eigenvalue weighted by atomic mass is 10.2. The Morgan fingerprint density at radius 2 is 2.15 bits per heavy atom. The van der Waals surface area contributed by atoms with Crippen LogP contribution in [0.5, 0.6) is 0 Å². The van der Waals surface area contributed by atoms with Crippen molar-refractivity contribution in [3.63, 3.8) is 0 Å². The number of rotatable bonds is 4. The van der Waals surface area contributed by atoms with Crippen molar-refractivity contribution in [2.75, 3.05) is 11.9 Å². The van der Waals surface area contributed by atoms with Crippen LogP contribution in [0.2, 0.25) is 0 Å². The number of halogens is 1. The predicted octanol–water partition coefficient (Wildman–Crippen LogP) is 3.97. The van der Waals surface area contributed by atoms with E-state index in [-0.39, 0.29) is 0 Å². The van der Waals surface area contributed by atoms with Crippen molar-refractivity contribution in [1.29, 1.82) is 0 Å². The molecule has 0 saturated carbocycles. The monoisotopic (exact) mass is 241 g/mol. The number of benzene rings is 1. The van der Waals surface area contributed by atoms with Gasteiger partial charge in [0.15, 0.2) is 0 Å². The van der Waals surface area contributed by atoms with Gasteiger partial charge >= 0.3 is 0 Å². The molecule has 0 aliphatic heterocycles. The summed E-state index contributed by atoms with van der Waals surface area (Å²) in [5.41, 5.74) is 2.48. The first-order valence-electron chi connectivity index (χ1n) is 4.74. The third-order valence-electron chi connectivity index (χ3n) is 2.03. The summed E-state index contributed by atoms with van der Waals surface area (Å²) in [5, 5.41) is 3.38. The summed E-state index contributed by atoms with van der Waals surface area (Å²) in [6, 6.07) is 6.37. The van der Waals surface area contributed by atoms with Crippen LogP contribution < -0.4 is 5.32 Å². The summed E-state index contributed by atoms with van der Waals surface area (Å²) in [7, 11) is 0. The summed E-state index contributed by atoms with van der Waals surface area (Å²) in [6.07, 6.45) is 2.46. The fraction of sp³-hybridized carbons (Fsp3) is 0.455. The molecule has 0 radical (unpaired) electrons. The van der Waals surface area contributed by atoms with E-state index >= 15 is 0 Å². The van der Waals surface area contributed by atoms with Gasteiger partial charge in [0.1, 0.15) is 0 Å². The number of unbranched alkanes of at least 4 members (excludes halogenated alkanes) is 1. The minimum absolute atomic E-state index is 1.06. The van der Waals surface area contributed by atoms with Crippen molar-refractivity contribution < 1.29 is 0 Å². The van der Waals surface area contributed by atoms with Crippen LogP contribution in [0, 0.1) is 6.92 Å². The third-order valence-corrected chi connectivity index (χ3v) is 2.89. The van der Waals surface area contributed by atoms with Crippen LogP contribution in [0.25, 0.3) is 0 Å². The number of nitrogens with one attached hydrogen (secondary N) is 1. The van der Waals surface area contributed by atoms with Gasteiger partial charge in [0, 0.05) is 16.7 Å². The molecule has 0 fully saturated rings. The topological polar surface area (TPSA) is 12.0 Å². The SMILES string of the molecule is CCCCNc1ccc(C)c(Br)c1. The first-order chi connectivity index (χ1) is 6.24. The number of hydrogen-bond donors (Lipinski definition) is 1. The molecule has 72 valence electrons. The zero-order valence-electron chi connectivity index (χ0n) is 8.23. The first-order valence-corrected chi connectivity index (χ1v) is 5.53. The van der Waals surface area contributed by atoms with E-state index in [1.54, 1.807) is 0 Å². The lowest BCUT2D eigenvalue weighted by Gasteiger charge is -2.06. The summed E-state index contributed by atoms with van der Waals surface area (Å²) >= 11 is 3.52. The summed E-state index contributed by atoms with van der Waals surface area (Å²) < 4.78 is 1.17. The molecule has 1 N–H and O–H groups in total. The minimum Gasteiger partial charge on any atom is -0.385 e. The Hall–Kier alpha value is -0.500. The number of hydrogen-bond acceptors (Lipinski definition) is 1. The van der Waals surface area contributed by atoms with Gasteiger partial charge in [-0.15, -0.1) is 0 Å². The smallest absolute Gasteiger partial charge is 0.0351 e. The molecule has 2 heteroatoms. The molecule has 0 amide bonds. The van der Waals surface area contributed by atoms with Crippen molar-refractivity contribution in [2.24, 2.45) is 0 Å². The van der Waals surface area contributed by atoms with E-state index in [0.29, 0.717) is 0 Å². The van der Waals surface area contributed by atoms with Crippen LogP contribution in [0.4, 0.5) is 5.69 Å². The molecule has 0 aromatic heterocycles. The lowest BCUT2D eigenvalue weighted by molar-refractivity contribution is 0.834. The van der Waals surface area contributed by atoms with Crippen LogP contribution in [0.1, 0.15) is 25.3 Å². The molecule has 1 nitrogen and oxygen atoms in total. The first kappa shape index (κ1) is 10.6. The minimum atomic E-state index is 1.06. The van der Waals surface area contributed by atoms with E-state index in [9.17, 15) is 0 Å². The van der Waals surface area contributed by atoms with Gasteiger partial charge in [-0.05, 0) is 31.0 Å². The second-order valence-electron chi connectivity index (χ2n) is 3.24. The van der Waals surface area contributed by atoms with Gasteiger partial charge in [0.25, 0.3) is 0 Å². The third kappa shape index (κ3) is 3.39. The van der Waals surface area contributed by atoms with E-state index in [0.717, 1.165) is 6.54 Å². The Labute approximate surface area is 88.7 Å². The van der Waals surface area contributed by atoms with Crippen LogP contribution in [0.15, 0.2) is 22.7 Å². The fourth-order valence-corrected chi connectivity index (χ4v) is 1.49. The maximum absolute atomic E-state index is 3.52. The molecular weight excluding hydrogens is 226 g/mol. The second-order valence-corrected chi connectivity index (χ2v) is 4.10. The summed E-state index contributed by atoms with van der Waals surface area (Å²) in [5.74, 6) is 0. The van der Waals surface area contributed by atoms with Crippen LogP contribution in [-0.2, 0) is 0 Å². The van der Waals surface area contributed by atoms with E-state index in [1.165, 1.54) is 28.6 Å². The number of anilines is 1. The molecule has 0 heterocycles. The van der Waals surface area contributed by atoms with E-state index in [4.69, 9.17) is 0 Å². The molecule has 0 atom stereocenters. The van der Waals surface area contributed by atoms with Crippen molar-refractivity contribution in [2.45, 2.75) is 26.7 Å². The summed E-state index contributed by atoms with van der Waals surface area (Å²) in [6.45, 7) is 5.36. The molecule has 1 aromatic carbocycles. The maximum atomic E-state index is 3.52. The quantitative estimate of drug-likeness (QED) is 0.787. The van der Waals surface area contributed by atoms with Gasteiger partial charge in [-0.1, -0.05) is 35.3 Å². The Morgan fingerprint density at radius 3 is 2.77 bits per heavy atom. The molecule has 0 aliphatic rings. The van der Waals surface area contributed by atoms with Crippen molar-refractivity contribution >= 4 is 21.6 Å². The normalized spacial score (nSPS) is 10.1. The zero-order valence-corrected chi connectivity index (χ0v) is 9.82. The van der Waals surface area contributed by atoms with Gasteiger partial charge in [-0.2, -0.15) is 0 Å². The van der Waals surface area contributed by atoms with Crippen LogP contribution >= 0.6 is 15.9 Å². The molecule has 0 aliphatic carbocycles. The van der Waals surface area contributed by atoms with E-state index in [1.807, 2.05) is 0 Å². The molecular formula is C11H16BrN. The highest BCUT2D eigenvalue weighted by atomic mass is 79.9. The van der Waals surface area contributed by atoms with Crippen molar-refractivity contribution in [3.8, 4) is 0 Å². The molecule has 1 rings (SSSR count). The zero-order chi connectivity index (χ0) is 9.68. The molecule has 13 heavy (non-hydrogen) atoms. The van der Waals surface area contributed by atoms with Gasteiger partial charge in [-0.25, -0.2) is 0 Å². The highest BCUT2D eigenvalue weighted by Crippen LogP contribution is 2.20. The molecule has 0 saturated heterocycles. The van der Waals surface area contributed by atoms with Crippen molar-refractivity contribution in [1.82, 2.24) is 0 Å². The average Bonchev–Trinajstić information content (AvgIpc) is 2.12. The second kappa shape index (κ2) is 5.28. The molecule has 0 spiro atoms. The van der Waals surface area contributed by atoms with Gasteiger partial charge in [0.2, 0.25) is 0 Å². The largest absolute Gasteiger partial charge is 0.385 e. The van der Waals surface area contributed by atoms with E-state index < -0.39 is 0 Å². The Kier molecular flexibility index (Phi) is 4.29. The van der Waals surface area contributed by atoms with E-state index in [2.05, 4.69) is 53.3 Å². The van der Waals surface area contributed by atoms with Gasteiger partial charge in [-0.3, -0.25) is 0 Å². The molecule has 0 unspecified atom stereocenters. The predicted molar refractivity (Wildman–Crippen MR) is 62.3 cm³/mol. The Balaban J connectivity index is 2.53. The van der Waals surface area contributed by atoms with Gasteiger partial charge < -0.3 is 5.32 Å². The van der Waals surface area contributed by atoms with Crippen LogP contribution in [0.3, 0.4) is 0 Å². The Bertz CT molecular complexity index is 271. The molecule has 0 bridgehead atoms. The maximum Gasteiger partial charge on any atom is 0.0351 e. The standard InChI is InChI=1S/C11H16BrN/c1-3-4-7-13-10-6-5-9(2)11(12)8-10/h5-6,8,13H,3-4,7H2,1-2H3. The Morgan fingerprint density at radius 1 is 1.38 bits per heavy atom. The highest BCUT2D eigenvalue weighted by Gasteiger charge is 1.95. The highest BCUT2D eigenvalue weighted by molar-refractivity contribution is 9.10.